The van der Waals surface area contributed by atoms with E-state index < -0.39 is 23.2 Å². The second kappa shape index (κ2) is 4.05. The molecule has 1 saturated carbocycles. The van der Waals surface area contributed by atoms with Crippen molar-refractivity contribution in [2.45, 2.75) is 5.92 Å². The number of nitrogens with zero attached hydrogens (tertiary/aromatic N) is 2. The van der Waals surface area contributed by atoms with Crippen LogP contribution in [0.15, 0.2) is 24.3 Å². The second-order valence-corrected chi connectivity index (χ2v) is 4.22. The molecule has 0 spiro atoms. The van der Waals surface area contributed by atoms with Gasteiger partial charge in [0.15, 0.2) is 5.41 Å². The van der Waals surface area contributed by atoms with Crippen molar-refractivity contribution < 1.29 is 9.53 Å². The molecule has 90 valence electrons. The molecule has 18 heavy (non-hydrogen) atoms. The molecule has 2 atom stereocenters. The number of rotatable bonds is 3. The molecule has 5 heteroatoms. The maximum absolute atomic E-state index is 11.3. The first kappa shape index (κ1) is 11.9. The molecule has 2 rings (SSSR count). The summed E-state index contributed by atoms with van der Waals surface area (Å²) in [6.45, 7) is 0. The Bertz CT molecular complexity index is 551. The van der Waals surface area contributed by atoms with Gasteiger partial charge in [-0.25, -0.2) is 0 Å². The quantitative estimate of drug-likeness (QED) is 0.850. The Hall–Kier alpha value is -2.53. The van der Waals surface area contributed by atoms with Crippen LogP contribution >= 0.6 is 0 Å². The molecule has 1 aliphatic rings. The van der Waals surface area contributed by atoms with Gasteiger partial charge in [0.2, 0.25) is 5.91 Å². The van der Waals surface area contributed by atoms with Crippen LogP contribution in [0.4, 0.5) is 0 Å². The Kier molecular flexibility index (Phi) is 2.68. The maximum atomic E-state index is 11.3. The van der Waals surface area contributed by atoms with E-state index >= 15 is 0 Å². The summed E-state index contributed by atoms with van der Waals surface area (Å²) in [6, 6.07) is 10.8. The summed E-state index contributed by atoms with van der Waals surface area (Å²) in [5.41, 5.74) is 4.68. The fourth-order valence-corrected chi connectivity index (χ4v) is 2.35. The monoisotopic (exact) mass is 241 g/mol. The summed E-state index contributed by atoms with van der Waals surface area (Å²) in [5.74, 6) is -1.12. The summed E-state index contributed by atoms with van der Waals surface area (Å²) >= 11 is 0. The zero-order valence-electron chi connectivity index (χ0n) is 9.75. The smallest absolute Gasteiger partial charge is 0.223 e. The van der Waals surface area contributed by atoms with Gasteiger partial charge < -0.3 is 10.5 Å². The highest BCUT2D eigenvalue weighted by Gasteiger charge is 2.70. The lowest BCUT2D eigenvalue weighted by molar-refractivity contribution is -0.119. The molecular weight excluding hydrogens is 230 g/mol. The van der Waals surface area contributed by atoms with E-state index in [1.165, 1.54) is 0 Å². The number of carbonyl (C=O) groups is 1. The van der Waals surface area contributed by atoms with E-state index in [2.05, 4.69) is 0 Å². The number of hydrogen-bond donors (Lipinski definition) is 1. The first-order valence-electron chi connectivity index (χ1n) is 5.36. The van der Waals surface area contributed by atoms with E-state index in [-0.39, 0.29) is 0 Å². The van der Waals surface area contributed by atoms with Gasteiger partial charge in [-0.15, -0.1) is 0 Å². The van der Waals surface area contributed by atoms with Crippen LogP contribution < -0.4 is 10.5 Å². The van der Waals surface area contributed by atoms with Crippen molar-refractivity contribution in [1.29, 1.82) is 10.5 Å². The summed E-state index contributed by atoms with van der Waals surface area (Å²) in [4.78, 5) is 11.3. The minimum Gasteiger partial charge on any atom is -0.497 e. The molecule has 1 aromatic carbocycles. The first-order chi connectivity index (χ1) is 8.60. The molecule has 0 unspecified atom stereocenters. The van der Waals surface area contributed by atoms with Gasteiger partial charge in [0.05, 0.1) is 25.2 Å². The van der Waals surface area contributed by atoms with Crippen LogP contribution in [0.2, 0.25) is 0 Å². The summed E-state index contributed by atoms with van der Waals surface area (Å²) in [7, 11) is 1.55. The lowest BCUT2D eigenvalue weighted by Crippen LogP contribution is -2.17. The third-order valence-corrected chi connectivity index (χ3v) is 3.36. The van der Waals surface area contributed by atoms with E-state index in [0.717, 1.165) is 5.56 Å². The van der Waals surface area contributed by atoms with Gasteiger partial charge in [-0.1, -0.05) is 12.1 Å². The van der Waals surface area contributed by atoms with Gasteiger partial charge in [-0.05, 0) is 17.7 Å². The molecule has 0 heterocycles. The molecule has 0 saturated heterocycles. The average Bonchev–Trinajstić information content (AvgIpc) is 3.08. The number of carbonyl (C=O) groups excluding carboxylic acids is 1. The van der Waals surface area contributed by atoms with Crippen LogP contribution in [0.5, 0.6) is 5.75 Å². The van der Waals surface area contributed by atoms with E-state index in [1.807, 2.05) is 12.1 Å². The van der Waals surface area contributed by atoms with Crippen molar-refractivity contribution in [3.05, 3.63) is 29.8 Å². The van der Waals surface area contributed by atoms with Gasteiger partial charge in [0.25, 0.3) is 0 Å². The van der Waals surface area contributed by atoms with Crippen molar-refractivity contribution in [2.24, 2.45) is 17.1 Å². The number of methoxy groups -OCH3 is 1. The zero-order valence-corrected chi connectivity index (χ0v) is 9.75. The molecule has 0 aromatic heterocycles. The topological polar surface area (TPSA) is 99.9 Å². The third kappa shape index (κ3) is 1.49. The van der Waals surface area contributed by atoms with Crippen LogP contribution in [0.1, 0.15) is 11.5 Å². The Balaban J connectivity index is 2.37. The average molecular weight is 241 g/mol. The highest BCUT2D eigenvalue weighted by molar-refractivity contribution is 5.85. The van der Waals surface area contributed by atoms with E-state index in [0.29, 0.717) is 5.75 Å². The number of nitriles is 2. The summed E-state index contributed by atoms with van der Waals surface area (Å²) < 4.78 is 5.03. The van der Waals surface area contributed by atoms with Gasteiger partial charge in [-0.2, -0.15) is 10.5 Å². The van der Waals surface area contributed by atoms with Crippen molar-refractivity contribution in [2.75, 3.05) is 7.11 Å². The molecule has 1 aliphatic carbocycles. The number of amides is 1. The number of ether oxygens (including phenoxy) is 1. The summed E-state index contributed by atoms with van der Waals surface area (Å²) in [5, 5.41) is 18.2. The lowest BCUT2D eigenvalue weighted by atomic mass is 10.0. The molecule has 1 fully saturated rings. The molecule has 0 radical (unpaired) electrons. The Labute approximate surface area is 104 Å². The number of benzene rings is 1. The highest BCUT2D eigenvalue weighted by atomic mass is 16.5. The zero-order chi connectivity index (χ0) is 13.3. The number of hydrogen-bond acceptors (Lipinski definition) is 4. The Morgan fingerprint density at radius 3 is 2.22 bits per heavy atom. The highest BCUT2D eigenvalue weighted by Crippen LogP contribution is 2.64. The minimum atomic E-state index is -1.32. The number of nitrogens with two attached hydrogens (primary N) is 1. The van der Waals surface area contributed by atoms with Gasteiger partial charge in [0.1, 0.15) is 5.75 Å². The fourth-order valence-electron chi connectivity index (χ4n) is 2.35. The van der Waals surface area contributed by atoms with Crippen LogP contribution in [0, 0.1) is 34.0 Å². The molecule has 1 aromatic rings. The van der Waals surface area contributed by atoms with Crippen LogP contribution in [-0.2, 0) is 4.79 Å². The Morgan fingerprint density at radius 1 is 1.33 bits per heavy atom. The van der Waals surface area contributed by atoms with Crippen molar-refractivity contribution >= 4 is 5.91 Å². The lowest BCUT2D eigenvalue weighted by Gasteiger charge is -2.02. The second-order valence-electron chi connectivity index (χ2n) is 4.22. The largest absolute Gasteiger partial charge is 0.497 e. The normalized spacial score (nSPS) is 23.5. The van der Waals surface area contributed by atoms with Crippen LogP contribution in [-0.4, -0.2) is 13.0 Å². The maximum Gasteiger partial charge on any atom is 0.223 e. The van der Waals surface area contributed by atoms with Crippen molar-refractivity contribution in [3.8, 4) is 17.9 Å². The molecule has 0 aliphatic heterocycles. The van der Waals surface area contributed by atoms with Crippen molar-refractivity contribution in [1.82, 2.24) is 0 Å². The van der Waals surface area contributed by atoms with E-state index in [1.54, 1.807) is 31.4 Å². The number of primary amides is 1. The summed E-state index contributed by atoms with van der Waals surface area (Å²) in [6.07, 6.45) is 0. The Morgan fingerprint density at radius 2 is 1.89 bits per heavy atom. The van der Waals surface area contributed by atoms with Crippen LogP contribution in [0.3, 0.4) is 0 Å². The fraction of sp³-hybridized carbons (Fsp3) is 0.308. The molecule has 2 N–H and O–H groups in total. The van der Waals surface area contributed by atoms with Gasteiger partial charge in [-0.3, -0.25) is 4.79 Å². The standard InChI is InChI=1S/C13H11N3O2/c1-18-9-4-2-8(3-5-9)10-11(12(16)17)13(10,6-14)7-15/h2-5,10-11H,1H3,(H2,16,17)/t10-,11+/m0/s1. The first-order valence-corrected chi connectivity index (χ1v) is 5.36. The van der Waals surface area contributed by atoms with Crippen molar-refractivity contribution in [3.63, 3.8) is 0 Å². The van der Waals surface area contributed by atoms with E-state index in [4.69, 9.17) is 21.0 Å². The van der Waals surface area contributed by atoms with Crippen LogP contribution in [0.25, 0.3) is 0 Å². The SMILES string of the molecule is COc1ccc([C@H]2[C@H](C(N)=O)C2(C#N)C#N)cc1. The van der Waals surface area contributed by atoms with Gasteiger partial charge >= 0.3 is 0 Å². The predicted molar refractivity (Wildman–Crippen MR) is 62.1 cm³/mol. The van der Waals surface area contributed by atoms with E-state index in [9.17, 15) is 4.79 Å². The molecule has 0 bridgehead atoms. The molecular formula is C13H11N3O2. The molecule has 5 nitrogen and oxygen atoms in total. The van der Waals surface area contributed by atoms with Gasteiger partial charge in [0, 0.05) is 5.92 Å². The predicted octanol–water partition coefficient (Wildman–Crippen LogP) is 0.927. The minimum absolute atomic E-state index is 0.448. The molecule has 1 amide bonds. The third-order valence-electron chi connectivity index (χ3n) is 3.36.